The summed E-state index contributed by atoms with van der Waals surface area (Å²) in [5.41, 5.74) is 5.96. The summed E-state index contributed by atoms with van der Waals surface area (Å²) in [6.45, 7) is 10.5. The second-order valence-electron chi connectivity index (χ2n) is 14.4. The molecule has 0 aliphatic carbocycles. The van der Waals surface area contributed by atoms with Crippen LogP contribution >= 0.6 is 23.2 Å². The number of hydrogen-bond acceptors (Lipinski definition) is 10. The van der Waals surface area contributed by atoms with Crippen molar-refractivity contribution in [2.45, 2.75) is 33.4 Å². The van der Waals surface area contributed by atoms with E-state index in [2.05, 4.69) is 9.80 Å². The third-order valence-electron chi connectivity index (χ3n) is 10.7. The number of benzene rings is 4. The molecule has 0 N–H and O–H groups in total. The van der Waals surface area contributed by atoms with Crippen molar-refractivity contribution in [1.82, 2.24) is 9.80 Å². The number of hydrogen-bond donors (Lipinski definition) is 0. The van der Waals surface area contributed by atoms with Gasteiger partial charge in [0.15, 0.2) is 0 Å². The highest BCUT2D eigenvalue weighted by atomic mass is 35.5. The summed E-state index contributed by atoms with van der Waals surface area (Å²) in [6.07, 6.45) is 0.483. The predicted octanol–water partition coefficient (Wildman–Crippen LogP) is 8.67. The van der Waals surface area contributed by atoms with Gasteiger partial charge in [-0.25, -0.2) is 9.59 Å². The SMILES string of the molecule is Cc1c(OCCCOc2c(Cl)cc3c(-c4ccccc4)c(CN4CCOCC4)c(=O)oc3c2C)c(Cl)cc2c(-c3ccccc3)c(CN3CCOCC3)c(=O)oc12. The summed E-state index contributed by atoms with van der Waals surface area (Å²) < 4.78 is 35.6. The molecular weight excluding hydrogens is 767 g/mol. The van der Waals surface area contributed by atoms with Gasteiger partial charge in [0.1, 0.15) is 22.7 Å². The standard InChI is InChI=1S/C45H44Cl2N2O8/c1-28-40-32(38(30-10-5-3-6-11-30)34(44(50)56-40)26-48-14-20-52-21-15-48)24-36(46)42(28)54-18-9-19-55-43-29(2)41-33(25-37(43)47)39(31-12-7-4-8-13-31)35(45(51)57-41)27-49-16-22-53-23-17-49/h3-8,10-13,24-25H,9,14-23,26-27H2,1-2H3. The second-order valence-corrected chi connectivity index (χ2v) is 15.2. The number of ether oxygens (including phenoxy) is 4. The van der Waals surface area contributed by atoms with E-state index in [1.807, 2.05) is 86.6 Å². The normalized spacial score (nSPS) is 15.4. The van der Waals surface area contributed by atoms with E-state index in [4.69, 9.17) is 51.0 Å². The van der Waals surface area contributed by atoms with E-state index in [0.29, 0.717) is 101 Å². The van der Waals surface area contributed by atoms with Crippen LogP contribution in [0.15, 0.2) is 91.2 Å². The number of rotatable bonds is 12. The first-order valence-electron chi connectivity index (χ1n) is 19.3. The van der Waals surface area contributed by atoms with Gasteiger partial charge in [-0.3, -0.25) is 9.80 Å². The molecule has 10 nitrogen and oxygen atoms in total. The van der Waals surface area contributed by atoms with Crippen LogP contribution in [0.2, 0.25) is 10.0 Å². The Hall–Kier alpha value is -4.68. The third-order valence-corrected chi connectivity index (χ3v) is 11.3. The van der Waals surface area contributed by atoms with E-state index in [1.165, 1.54) is 0 Å². The highest BCUT2D eigenvalue weighted by Gasteiger charge is 2.26. The molecule has 2 aliphatic rings. The van der Waals surface area contributed by atoms with Gasteiger partial charge in [0.05, 0.1) is 60.8 Å². The van der Waals surface area contributed by atoms with Gasteiger partial charge in [0.25, 0.3) is 0 Å². The van der Waals surface area contributed by atoms with Crippen LogP contribution in [0.5, 0.6) is 11.5 Å². The molecular formula is C45H44Cl2N2O8. The Kier molecular flexibility index (Phi) is 12.0. The van der Waals surface area contributed by atoms with Gasteiger partial charge in [-0.2, -0.15) is 0 Å². The van der Waals surface area contributed by atoms with Crippen LogP contribution in [0.25, 0.3) is 44.2 Å². The van der Waals surface area contributed by atoms with Crippen molar-refractivity contribution in [3.05, 3.63) is 126 Å². The molecule has 2 aromatic heterocycles. The molecule has 2 fully saturated rings. The molecule has 2 aliphatic heterocycles. The quantitative estimate of drug-likeness (QED) is 0.0882. The lowest BCUT2D eigenvalue weighted by molar-refractivity contribution is 0.0338. The van der Waals surface area contributed by atoms with E-state index >= 15 is 0 Å². The van der Waals surface area contributed by atoms with Crippen molar-refractivity contribution in [1.29, 1.82) is 0 Å². The Morgan fingerprint density at radius 1 is 0.596 bits per heavy atom. The molecule has 8 rings (SSSR count). The van der Waals surface area contributed by atoms with Gasteiger partial charge in [0, 0.05) is 78.7 Å². The zero-order valence-electron chi connectivity index (χ0n) is 32.0. The highest BCUT2D eigenvalue weighted by molar-refractivity contribution is 6.33. The van der Waals surface area contributed by atoms with Crippen LogP contribution < -0.4 is 20.7 Å². The molecule has 6 aromatic rings. The minimum atomic E-state index is -0.389. The van der Waals surface area contributed by atoms with Gasteiger partial charge in [0.2, 0.25) is 0 Å². The summed E-state index contributed by atoms with van der Waals surface area (Å²) >= 11 is 13.9. The molecule has 57 heavy (non-hydrogen) atoms. The lowest BCUT2D eigenvalue weighted by Crippen LogP contribution is -2.37. The molecule has 2 saturated heterocycles. The van der Waals surface area contributed by atoms with Crippen molar-refractivity contribution < 1.29 is 27.8 Å². The van der Waals surface area contributed by atoms with Crippen LogP contribution in [-0.2, 0) is 22.6 Å². The molecule has 0 bridgehead atoms. The van der Waals surface area contributed by atoms with Crippen LogP contribution in [0.3, 0.4) is 0 Å². The lowest BCUT2D eigenvalue weighted by Gasteiger charge is -2.27. The Morgan fingerprint density at radius 3 is 1.37 bits per heavy atom. The Bertz CT molecular complexity index is 2340. The molecule has 0 atom stereocenters. The van der Waals surface area contributed by atoms with Gasteiger partial charge in [-0.15, -0.1) is 0 Å². The summed E-state index contributed by atoms with van der Waals surface area (Å²) in [5, 5.41) is 2.32. The van der Waals surface area contributed by atoms with Crippen LogP contribution in [-0.4, -0.2) is 75.6 Å². The smallest absolute Gasteiger partial charge is 0.341 e. The van der Waals surface area contributed by atoms with Crippen LogP contribution in [0.4, 0.5) is 0 Å². The van der Waals surface area contributed by atoms with Crippen molar-refractivity contribution in [2.75, 3.05) is 65.8 Å². The maximum absolute atomic E-state index is 13.7. The number of fused-ring (bicyclic) bond motifs is 2. The van der Waals surface area contributed by atoms with Crippen molar-refractivity contribution in [2.24, 2.45) is 0 Å². The molecule has 0 unspecified atom stereocenters. The lowest BCUT2D eigenvalue weighted by atomic mass is 9.95. The zero-order valence-corrected chi connectivity index (χ0v) is 33.5. The summed E-state index contributed by atoms with van der Waals surface area (Å²) in [4.78, 5) is 31.8. The molecule has 0 saturated carbocycles. The highest BCUT2D eigenvalue weighted by Crippen LogP contribution is 2.42. The molecule has 4 aromatic carbocycles. The molecule has 296 valence electrons. The van der Waals surface area contributed by atoms with E-state index in [-0.39, 0.29) is 24.5 Å². The molecule has 0 radical (unpaired) electrons. The monoisotopic (exact) mass is 810 g/mol. The van der Waals surface area contributed by atoms with Crippen LogP contribution in [0, 0.1) is 13.8 Å². The van der Waals surface area contributed by atoms with Gasteiger partial charge < -0.3 is 27.8 Å². The van der Waals surface area contributed by atoms with Gasteiger partial charge in [-0.1, -0.05) is 83.9 Å². The maximum Gasteiger partial charge on any atom is 0.341 e. The van der Waals surface area contributed by atoms with Crippen LogP contribution in [0.1, 0.15) is 28.7 Å². The molecule has 0 amide bonds. The molecule has 0 spiro atoms. The first-order chi connectivity index (χ1) is 27.8. The number of aryl methyl sites for hydroxylation is 2. The van der Waals surface area contributed by atoms with Crippen molar-refractivity contribution in [3.8, 4) is 33.8 Å². The molecule has 4 heterocycles. The molecule has 12 heteroatoms. The second kappa shape index (κ2) is 17.4. The summed E-state index contributed by atoms with van der Waals surface area (Å²) in [6, 6.07) is 23.3. The van der Waals surface area contributed by atoms with E-state index in [9.17, 15) is 9.59 Å². The van der Waals surface area contributed by atoms with E-state index in [1.54, 1.807) is 0 Å². The maximum atomic E-state index is 13.7. The number of morpholine rings is 2. The average molecular weight is 812 g/mol. The Balaban J connectivity index is 1.03. The zero-order chi connectivity index (χ0) is 39.5. The van der Waals surface area contributed by atoms with Gasteiger partial charge >= 0.3 is 11.3 Å². The fraction of sp³-hybridized carbons (Fsp3) is 0.333. The number of halogens is 2. The fourth-order valence-electron chi connectivity index (χ4n) is 7.84. The minimum absolute atomic E-state index is 0.263. The first kappa shape index (κ1) is 39.2. The Morgan fingerprint density at radius 2 is 0.982 bits per heavy atom. The minimum Gasteiger partial charge on any atom is -0.491 e. The summed E-state index contributed by atoms with van der Waals surface area (Å²) in [5.74, 6) is 0.880. The van der Waals surface area contributed by atoms with Crippen molar-refractivity contribution in [3.63, 3.8) is 0 Å². The van der Waals surface area contributed by atoms with Crippen molar-refractivity contribution >= 4 is 45.1 Å². The summed E-state index contributed by atoms with van der Waals surface area (Å²) in [7, 11) is 0. The van der Waals surface area contributed by atoms with Gasteiger partial charge in [-0.05, 0) is 37.1 Å². The third kappa shape index (κ3) is 8.21. The average Bonchev–Trinajstić information content (AvgIpc) is 3.23. The predicted molar refractivity (Wildman–Crippen MR) is 223 cm³/mol. The topological polar surface area (TPSA) is 104 Å². The fourth-order valence-corrected chi connectivity index (χ4v) is 8.45. The first-order valence-corrected chi connectivity index (χ1v) is 20.1. The van der Waals surface area contributed by atoms with E-state index in [0.717, 1.165) is 59.2 Å². The largest absolute Gasteiger partial charge is 0.491 e. The Labute approximate surface area is 340 Å². The number of nitrogens with zero attached hydrogens (tertiary/aromatic N) is 2. The van der Waals surface area contributed by atoms with E-state index < -0.39 is 0 Å².